The van der Waals surface area contributed by atoms with Crippen LogP contribution in [0.25, 0.3) is 0 Å². The molecule has 0 aliphatic rings. The van der Waals surface area contributed by atoms with E-state index in [1.54, 1.807) is 36.4 Å². The maximum Gasteiger partial charge on any atom is 0.243 e. The van der Waals surface area contributed by atoms with E-state index < -0.39 is 15.9 Å². The molecule has 3 aromatic carbocycles. The number of hydrogen-bond acceptors (Lipinski definition) is 3. The second kappa shape index (κ2) is 10.0. The molecule has 1 N–H and O–H groups in total. The molecule has 0 bridgehead atoms. The van der Waals surface area contributed by atoms with Gasteiger partial charge in [-0.25, -0.2) is 8.42 Å². The molecule has 168 valence electrons. The van der Waals surface area contributed by atoms with Crippen LogP contribution in [-0.4, -0.2) is 25.2 Å². The van der Waals surface area contributed by atoms with Gasteiger partial charge < -0.3 is 5.32 Å². The SMILES string of the molecule is Cc1ccc(S(=O)(=O)N(CC(=O)Nc2ccc(C)cc2C)Cc2ccc(Cl)c(Cl)c2)cc1. The van der Waals surface area contributed by atoms with E-state index in [-0.39, 0.29) is 18.0 Å². The van der Waals surface area contributed by atoms with Crippen molar-refractivity contribution in [3.8, 4) is 0 Å². The number of nitrogens with one attached hydrogen (secondary N) is 1. The number of hydrogen-bond donors (Lipinski definition) is 1. The van der Waals surface area contributed by atoms with Crippen LogP contribution in [0, 0.1) is 20.8 Å². The predicted molar refractivity (Wildman–Crippen MR) is 130 cm³/mol. The summed E-state index contributed by atoms with van der Waals surface area (Å²) in [6.45, 7) is 5.34. The van der Waals surface area contributed by atoms with E-state index in [0.717, 1.165) is 21.0 Å². The summed E-state index contributed by atoms with van der Waals surface area (Å²) in [5.41, 5.74) is 4.17. The standard InChI is InChI=1S/C24H24Cl2N2O3S/c1-16-4-8-20(9-5-16)32(30,31)28(14-19-7-10-21(25)22(26)13-19)15-24(29)27-23-11-6-17(2)12-18(23)3/h4-13H,14-15H2,1-3H3,(H,27,29). The molecule has 0 radical (unpaired) electrons. The smallest absolute Gasteiger partial charge is 0.243 e. The Morgan fingerprint density at radius 3 is 2.16 bits per heavy atom. The molecule has 0 saturated heterocycles. The molecule has 0 fully saturated rings. The molecule has 0 aliphatic heterocycles. The van der Waals surface area contributed by atoms with Crippen LogP contribution in [-0.2, 0) is 21.4 Å². The van der Waals surface area contributed by atoms with Crippen molar-refractivity contribution in [3.05, 3.63) is 93.0 Å². The third-order valence-corrected chi connectivity index (χ3v) is 7.52. The minimum atomic E-state index is -3.95. The van der Waals surface area contributed by atoms with Crippen molar-refractivity contribution < 1.29 is 13.2 Å². The van der Waals surface area contributed by atoms with Crippen LogP contribution in [0.2, 0.25) is 10.0 Å². The number of aryl methyl sites for hydroxylation is 3. The van der Waals surface area contributed by atoms with Gasteiger partial charge in [0.25, 0.3) is 0 Å². The summed E-state index contributed by atoms with van der Waals surface area (Å²) in [6.07, 6.45) is 0. The highest BCUT2D eigenvalue weighted by Gasteiger charge is 2.27. The Morgan fingerprint density at radius 1 is 0.875 bits per heavy atom. The Kier molecular flexibility index (Phi) is 7.62. The van der Waals surface area contributed by atoms with E-state index in [0.29, 0.717) is 21.3 Å². The zero-order valence-electron chi connectivity index (χ0n) is 18.0. The Labute approximate surface area is 199 Å². The van der Waals surface area contributed by atoms with Gasteiger partial charge >= 0.3 is 0 Å². The normalized spacial score (nSPS) is 11.6. The molecule has 0 aliphatic carbocycles. The molecule has 0 aromatic heterocycles. The Bertz CT molecular complexity index is 1240. The van der Waals surface area contributed by atoms with E-state index in [1.165, 1.54) is 12.1 Å². The molecule has 0 heterocycles. The highest BCUT2D eigenvalue weighted by atomic mass is 35.5. The maximum atomic E-state index is 13.4. The van der Waals surface area contributed by atoms with Gasteiger partial charge in [0, 0.05) is 12.2 Å². The van der Waals surface area contributed by atoms with Crippen LogP contribution in [0.4, 0.5) is 5.69 Å². The Hall–Kier alpha value is -2.38. The number of anilines is 1. The van der Waals surface area contributed by atoms with Crippen molar-refractivity contribution in [2.45, 2.75) is 32.2 Å². The lowest BCUT2D eigenvalue weighted by atomic mass is 10.1. The first-order valence-electron chi connectivity index (χ1n) is 9.94. The van der Waals surface area contributed by atoms with E-state index in [4.69, 9.17) is 23.2 Å². The molecule has 0 unspecified atom stereocenters. The minimum Gasteiger partial charge on any atom is -0.325 e. The summed E-state index contributed by atoms with van der Waals surface area (Å²) in [6, 6.07) is 17.1. The van der Waals surface area contributed by atoms with Gasteiger partial charge in [-0.2, -0.15) is 4.31 Å². The van der Waals surface area contributed by atoms with Crippen molar-refractivity contribution >= 4 is 44.8 Å². The topological polar surface area (TPSA) is 66.5 Å². The number of nitrogens with zero attached hydrogens (tertiary/aromatic N) is 1. The van der Waals surface area contributed by atoms with Crippen molar-refractivity contribution in [2.75, 3.05) is 11.9 Å². The summed E-state index contributed by atoms with van der Waals surface area (Å²) >= 11 is 12.1. The number of carbonyl (C=O) groups is 1. The third kappa shape index (κ3) is 5.90. The maximum absolute atomic E-state index is 13.4. The van der Waals surface area contributed by atoms with Gasteiger partial charge in [0.05, 0.1) is 21.5 Å². The first-order chi connectivity index (χ1) is 15.1. The second-order valence-electron chi connectivity index (χ2n) is 7.70. The quantitative estimate of drug-likeness (QED) is 0.458. The average Bonchev–Trinajstić information content (AvgIpc) is 2.72. The molecule has 3 rings (SSSR count). The van der Waals surface area contributed by atoms with Crippen LogP contribution in [0.15, 0.2) is 65.6 Å². The van der Waals surface area contributed by atoms with Gasteiger partial charge in [-0.15, -0.1) is 0 Å². The Morgan fingerprint density at radius 2 is 1.53 bits per heavy atom. The van der Waals surface area contributed by atoms with Crippen LogP contribution >= 0.6 is 23.2 Å². The van der Waals surface area contributed by atoms with Crippen LogP contribution in [0.5, 0.6) is 0 Å². The van der Waals surface area contributed by atoms with Crippen LogP contribution in [0.3, 0.4) is 0 Å². The lowest BCUT2D eigenvalue weighted by Crippen LogP contribution is -2.37. The number of carbonyl (C=O) groups excluding carboxylic acids is 1. The van der Waals surface area contributed by atoms with Crippen molar-refractivity contribution in [1.29, 1.82) is 0 Å². The number of sulfonamides is 1. The third-order valence-electron chi connectivity index (χ3n) is 4.98. The molecule has 3 aromatic rings. The van der Waals surface area contributed by atoms with E-state index >= 15 is 0 Å². The summed E-state index contributed by atoms with van der Waals surface area (Å²) in [5.74, 6) is -0.437. The summed E-state index contributed by atoms with van der Waals surface area (Å²) in [7, 11) is -3.95. The van der Waals surface area contributed by atoms with E-state index in [1.807, 2.05) is 32.9 Å². The molecule has 8 heteroatoms. The first-order valence-corrected chi connectivity index (χ1v) is 12.1. The zero-order chi connectivity index (χ0) is 23.5. The monoisotopic (exact) mass is 490 g/mol. The summed E-state index contributed by atoms with van der Waals surface area (Å²) in [4.78, 5) is 13.0. The lowest BCUT2D eigenvalue weighted by Gasteiger charge is -2.22. The minimum absolute atomic E-state index is 0.0343. The molecule has 0 atom stereocenters. The summed E-state index contributed by atoms with van der Waals surface area (Å²) in [5, 5.41) is 3.50. The van der Waals surface area contributed by atoms with Gasteiger partial charge in [-0.1, -0.05) is 64.7 Å². The van der Waals surface area contributed by atoms with Gasteiger partial charge in [0.15, 0.2) is 0 Å². The fraction of sp³-hybridized carbons (Fsp3) is 0.208. The molecular formula is C24H24Cl2N2O3S. The van der Waals surface area contributed by atoms with Gasteiger partial charge in [-0.3, -0.25) is 4.79 Å². The molecule has 0 saturated carbocycles. The fourth-order valence-electron chi connectivity index (χ4n) is 3.23. The summed E-state index contributed by atoms with van der Waals surface area (Å²) < 4.78 is 27.9. The largest absolute Gasteiger partial charge is 0.325 e. The van der Waals surface area contributed by atoms with Crippen molar-refractivity contribution in [2.24, 2.45) is 0 Å². The van der Waals surface area contributed by atoms with Gasteiger partial charge in [0.2, 0.25) is 15.9 Å². The zero-order valence-corrected chi connectivity index (χ0v) is 20.4. The van der Waals surface area contributed by atoms with Gasteiger partial charge in [-0.05, 0) is 62.2 Å². The highest BCUT2D eigenvalue weighted by Crippen LogP contribution is 2.25. The Balaban J connectivity index is 1.90. The van der Waals surface area contributed by atoms with Crippen molar-refractivity contribution in [1.82, 2.24) is 4.31 Å². The number of halogens is 2. The van der Waals surface area contributed by atoms with Crippen LogP contribution < -0.4 is 5.32 Å². The van der Waals surface area contributed by atoms with E-state index in [2.05, 4.69) is 5.32 Å². The number of benzene rings is 3. The first kappa shape index (κ1) is 24.3. The number of rotatable bonds is 7. The fourth-order valence-corrected chi connectivity index (χ4v) is 4.94. The molecular weight excluding hydrogens is 467 g/mol. The van der Waals surface area contributed by atoms with Gasteiger partial charge in [0.1, 0.15) is 0 Å². The highest BCUT2D eigenvalue weighted by molar-refractivity contribution is 7.89. The molecule has 5 nitrogen and oxygen atoms in total. The second-order valence-corrected chi connectivity index (χ2v) is 10.5. The predicted octanol–water partition coefficient (Wildman–Crippen LogP) is 5.75. The number of amides is 1. The van der Waals surface area contributed by atoms with E-state index in [9.17, 15) is 13.2 Å². The average molecular weight is 491 g/mol. The lowest BCUT2D eigenvalue weighted by molar-refractivity contribution is -0.116. The molecule has 1 amide bonds. The molecule has 0 spiro atoms. The van der Waals surface area contributed by atoms with Crippen LogP contribution in [0.1, 0.15) is 22.3 Å². The van der Waals surface area contributed by atoms with Crippen molar-refractivity contribution in [3.63, 3.8) is 0 Å². The molecule has 32 heavy (non-hydrogen) atoms.